The lowest BCUT2D eigenvalue weighted by atomic mass is 10.2. The zero-order valence-corrected chi connectivity index (χ0v) is 11.0. The SMILES string of the molecule is Cc1nsc(Sc2ccc(CN)c(Cl)c2)n1. The highest BCUT2D eigenvalue weighted by Gasteiger charge is 2.05. The summed E-state index contributed by atoms with van der Waals surface area (Å²) in [6.45, 7) is 2.34. The molecule has 0 aliphatic heterocycles. The zero-order valence-electron chi connectivity index (χ0n) is 8.61. The van der Waals surface area contributed by atoms with Crippen molar-refractivity contribution >= 4 is 34.9 Å². The van der Waals surface area contributed by atoms with Crippen molar-refractivity contribution in [1.82, 2.24) is 9.36 Å². The highest BCUT2D eigenvalue weighted by molar-refractivity contribution is 8.01. The molecule has 0 aliphatic carbocycles. The Balaban J connectivity index is 2.19. The van der Waals surface area contributed by atoms with E-state index in [0.29, 0.717) is 11.6 Å². The monoisotopic (exact) mass is 271 g/mol. The first-order chi connectivity index (χ1) is 7.69. The molecule has 0 saturated heterocycles. The van der Waals surface area contributed by atoms with Crippen LogP contribution < -0.4 is 5.73 Å². The van der Waals surface area contributed by atoms with Gasteiger partial charge in [-0.2, -0.15) is 4.37 Å². The van der Waals surface area contributed by atoms with E-state index in [9.17, 15) is 0 Å². The van der Waals surface area contributed by atoms with Gasteiger partial charge in [-0.05, 0) is 36.2 Å². The van der Waals surface area contributed by atoms with Gasteiger partial charge in [-0.25, -0.2) is 4.98 Å². The molecule has 3 nitrogen and oxygen atoms in total. The number of aromatic nitrogens is 2. The molecule has 2 N–H and O–H groups in total. The van der Waals surface area contributed by atoms with Crippen molar-refractivity contribution in [2.24, 2.45) is 5.73 Å². The second kappa shape index (κ2) is 5.14. The number of rotatable bonds is 3. The van der Waals surface area contributed by atoms with Gasteiger partial charge < -0.3 is 5.73 Å². The average Bonchev–Trinajstić information content (AvgIpc) is 2.64. The van der Waals surface area contributed by atoms with E-state index >= 15 is 0 Å². The normalized spacial score (nSPS) is 10.7. The second-order valence-corrected chi connectivity index (χ2v) is 5.65. The van der Waals surface area contributed by atoms with Crippen LogP contribution in [0.5, 0.6) is 0 Å². The highest BCUT2D eigenvalue weighted by Crippen LogP contribution is 2.31. The molecule has 0 atom stereocenters. The minimum absolute atomic E-state index is 0.460. The van der Waals surface area contributed by atoms with Gasteiger partial charge in [-0.1, -0.05) is 29.4 Å². The summed E-state index contributed by atoms with van der Waals surface area (Å²) in [6, 6.07) is 5.85. The Morgan fingerprint density at radius 2 is 2.31 bits per heavy atom. The Kier molecular flexibility index (Phi) is 3.81. The summed E-state index contributed by atoms with van der Waals surface area (Å²) in [4.78, 5) is 5.33. The van der Waals surface area contributed by atoms with Crippen molar-refractivity contribution in [3.8, 4) is 0 Å². The number of halogens is 1. The van der Waals surface area contributed by atoms with Crippen molar-refractivity contribution in [1.29, 1.82) is 0 Å². The van der Waals surface area contributed by atoms with Gasteiger partial charge in [0.2, 0.25) is 0 Å². The molecule has 84 valence electrons. The number of nitrogens with zero attached hydrogens (tertiary/aromatic N) is 2. The molecular weight excluding hydrogens is 262 g/mol. The molecule has 6 heteroatoms. The molecule has 1 aromatic heterocycles. The minimum atomic E-state index is 0.460. The van der Waals surface area contributed by atoms with Crippen LogP contribution in [0.2, 0.25) is 5.02 Å². The van der Waals surface area contributed by atoms with Gasteiger partial charge in [0.1, 0.15) is 5.82 Å². The maximum absolute atomic E-state index is 6.07. The lowest BCUT2D eigenvalue weighted by Crippen LogP contribution is -1.96. The Labute approximate surface area is 107 Å². The van der Waals surface area contributed by atoms with E-state index in [-0.39, 0.29) is 0 Å². The molecule has 1 heterocycles. The standard InChI is InChI=1S/C10H10ClN3S2/c1-6-13-10(16-14-6)15-8-3-2-7(5-12)9(11)4-8/h2-4H,5,12H2,1H3. The smallest absolute Gasteiger partial charge is 0.174 e. The van der Waals surface area contributed by atoms with Crippen LogP contribution in [0.15, 0.2) is 27.4 Å². The number of nitrogens with two attached hydrogens (primary N) is 1. The summed E-state index contributed by atoms with van der Waals surface area (Å²) in [6.07, 6.45) is 0. The Morgan fingerprint density at radius 1 is 1.50 bits per heavy atom. The van der Waals surface area contributed by atoms with E-state index in [0.717, 1.165) is 20.6 Å². The Morgan fingerprint density at radius 3 is 2.88 bits per heavy atom. The molecule has 0 spiro atoms. The highest BCUT2D eigenvalue weighted by atomic mass is 35.5. The van der Waals surface area contributed by atoms with Gasteiger partial charge in [0.25, 0.3) is 0 Å². The third kappa shape index (κ3) is 2.74. The fourth-order valence-electron chi connectivity index (χ4n) is 1.18. The van der Waals surface area contributed by atoms with E-state index < -0.39 is 0 Å². The van der Waals surface area contributed by atoms with E-state index in [4.69, 9.17) is 17.3 Å². The molecule has 0 saturated carbocycles. The second-order valence-electron chi connectivity index (χ2n) is 3.17. The van der Waals surface area contributed by atoms with E-state index in [2.05, 4.69) is 9.36 Å². The van der Waals surface area contributed by atoms with E-state index in [1.165, 1.54) is 11.5 Å². The largest absolute Gasteiger partial charge is 0.326 e. The molecule has 0 aliphatic rings. The van der Waals surface area contributed by atoms with Crippen LogP contribution >= 0.6 is 34.9 Å². The van der Waals surface area contributed by atoms with Crippen LogP contribution in [0.1, 0.15) is 11.4 Å². The molecule has 2 rings (SSSR count). The van der Waals surface area contributed by atoms with Crippen LogP contribution in [-0.4, -0.2) is 9.36 Å². The predicted octanol–water partition coefficient (Wildman–Crippen LogP) is 3.11. The van der Waals surface area contributed by atoms with Crippen molar-refractivity contribution in [2.45, 2.75) is 22.7 Å². The first kappa shape index (κ1) is 11.9. The molecule has 1 aromatic carbocycles. The zero-order chi connectivity index (χ0) is 11.5. The lowest BCUT2D eigenvalue weighted by molar-refractivity contribution is 1.06. The van der Waals surface area contributed by atoms with Crippen molar-refractivity contribution in [2.75, 3.05) is 0 Å². The first-order valence-corrected chi connectivity index (χ1v) is 6.62. The molecule has 0 fully saturated rings. The van der Waals surface area contributed by atoms with Crippen LogP contribution in [-0.2, 0) is 6.54 Å². The Hall–Kier alpha value is -0.620. The predicted molar refractivity (Wildman–Crippen MR) is 68.1 cm³/mol. The third-order valence-corrected chi connectivity index (χ3v) is 4.14. The van der Waals surface area contributed by atoms with Crippen LogP contribution in [0.3, 0.4) is 0 Å². The minimum Gasteiger partial charge on any atom is -0.326 e. The fraction of sp³-hybridized carbons (Fsp3) is 0.200. The van der Waals surface area contributed by atoms with E-state index in [1.807, 2.05) is 25.1 Å². The quantitative estimate of drug-likeness (QED) is 0.932. The Bertz CT molecular complexity index is 499. The number of aryl methyl sites for hydroxylation is 1. The molecular formula is C10H10ClN3S2. The topological polar surface area (TPSA) is 51.8 Å². The van der Waals surface area contributed by atoms with Gasteiger partial charge in [0.05, 0.1) is 0 Å². The summed E-state index contributed by atoms with van der Waals surface area (Å²) in [7, 11) is 0. The average molecular weight is 272 g/mol. The van der Waals surface area contributed by atoms with Crippen molar-refractivity contribution in [3.63, 3.8) is 0 Å². The molecule has 2 aromatic rings. The molecule has 16 heavy (non-hydrogen) atoms. The maximum Gasteiger partial charge on any atom is 0.174 e. The molecule has 0 amide bonds. The fourth-order valence-corrected chi connectivity index (χ4v) is 3.17. The van der Waals surface area contributed by atoms with Crippen molar-refractivity contribution < 1.29 is 0 Å². The number of hydrogen-bond donors (Lipinski definition) is 1. The van der Waals surface area contributed by atoms with Gasteiger partial charge in [0.15, 0.2) is 4.34 Å². The molecule has 0 unspecified atom stereocenters. The van der Waals surface area contributed by atoms with Crippen LogP contribution in [0, 0.1) is 6.92 Å². The first-order valence-electron chi connectivity index (χ1n) is 4.65. The van der Waals surface area contributed by atoms with Gasteiger partial charge in [-0.15, -0.1) is 0 Å². The number of hydrogen-bond acceptors (Lipinski definition) is 5. The molecule has 0 radical (unpaired) electrons. The van der Waals surface area contributed by atoms with E-state index in [1.54, 1.807) is 11.8 Å². The number of benzene rings is 1. The third-order valence-electron chi connectivity index (χ3n) is 1.96. The van der Waals surface area contributed by atoms with Gasteiger partial charge >= 0.3 is 0 Å². The summed E-state index contributed by atoms with van der Waals surface area (Å²) in [5, 5.41) is 0.703. The maximum atomic E-state index is 6.07. The summed E-state index contributed by atoms with van der Waals surface area (Å²) < 4.78 is 5.05. The summed E-state index contributed by atoms with van der Waals surface area (Å²) in [5.74, 6) is 0.803. The molecule has 0 bridgehead atoms. The lowest BCUT2D eigenvalue weighted by Gasteiger charge is -2.03. The van der Waals surface area contributed by atoms with Gasteiger partial charge in [0, 0.05) is 16.5 Å². The van der Waals surface area contributed by atoms with Crippen LogP contribution in [0.4, 0.5) is 0 Å². The van der Waals surface area contributed by atoms with Crippen LogP contribution in [0.25, 0.3) is 0 Å². The summed E-state index contributed by atoms with van der Waals surface area (Å²) >= 11 is 9.03. The van der Waals surface area contributed by atoms with Crippen molar-refractivity contribution in [3.05, 3.63) is 34.6 Å². The van der Waals surface area contributed by atoms with Gasteiger partial charge in [-0.3, -0.25) is 0 Å². The summed E-state index contributed by atoms with van der Waals surface area (Å²) in [5.41, 5.74) is 6.50.